The maximum absolute atomic E-state index is 10.5. The van der Waals surface area contributed by atoms with Crippen molar-refractivity contribution in [3.8, 4) is 0 Å². The molecule has 0 aliphatic carbocycles. The van der Waals surface area contributed by atoms with E-state index in [1.807, 2.05) is 43.4 Å². The van der Waals surface area contributed by atoms with Gasteiger partial charge < -0.3 is 9.32 Å². The molecule has 0 N–H and O–H groups in total. The number of para-hydroxylation sites is 1. The van der Waals surface area contributed by atoms with Crippen LogP contribution in [0.25, 0.3) is 0 Å². The second kappa shape index (κ2) is 4.66. The molecule has 3 nitrogen and oxygen atoms in total. The summed E-state index contributed by atoms with van der Waals surface area (Å²) in [6, 6.07) is 13.5. The van der Waals surface area contributed by atoms with E-state index in [0.29, 0.717) is 18.6 Å². The van der Waals surface area contributed by atoms with E-state index >= 15 is 0 Å². The smallest absolute Gasteiger partial charge is 0.185 e. The molecule has 0 aliphatic heterocycles. The summed E-state index contributed by atoms with van der Waals surface area (Å²) >= 11 is 0. The van der Waals surface area contributed by atoms with E-state index in [2.05, 4.69) is 4.90 Å². The lowest BCUT2D eigenvalue weighted by atomic mass is 10.3. The standard InChI is InChI=1S/C13H13NO2/c1-14(11-5-3-2-4-6-11)9-12-7-8-13(10-15)16-12/h2-8,10H,9H2,1H3. The Balaban J connectivity index is 2.07. The molecule has 0 fully saturated rings. The van der Waals surface area contributed by atoms with Crippen LogP contribution in [0.2, 0.25) is 0 Å². The van der Waals surface area contributed by atoms with E-state index in [-0.39, 0.29) is 0 Å². The van der Waals surface area contributed by atoms with Crippen molar-refractivity contribution in [3.63, 3.8) is 0 Å². The number of aldehydes is 1. The zero-order chi connectivity index (χ0) is 11.4. The topological polar surface area (TPSA) is 33.5 Å². The Morgan fingerprint density at radius 3 is 2.56 bits per heavy atom. The Morgan fingerprint density at radius 1 is 1.19 bits per heavy atom. The first-order valence-corrected chi connectivity index (χ1v) is 5.09. The largest absolute Gasteiger partial charge is 0.456 e. The molecule has 1 aromatic heterocycles. The second-order valence-corrected chi connectivity index (χ2v) is 3.61. The van der Waals surface area contributed by atoms with Crippen LogP contribution in [-0.4, -0.2) is 13.3 Å². The van der Waals surface area contributed by atoms with Gasteiger partial charge in [-0.25, -0.2) is 0 Å². The number of carbonyl (C=O) groups is 1. The molecule has 0 radical (unpaired) electrons. The van der Waals surface area contributed by atoms with Crippen LogP contribution in [0.5, 0.6) is 0 Å². The quantitative estimate of drug-likeness (QED) is 0.735. The van der Waals surface area contributed by atoms with Gasteiger partial charge in [-0.15, -0.1) is 0 Å². The van der Waals surface area contributed by atoms with E-state index in [1.165, 1.54) is 0 Å². The minimum Gasteiger partial charge on any atom is -0.456 e. The van der Waals surface area contributed by atoms with Crippen molar-refractivity contribution in [2.75, 3.05) is 11.9 Å². The second-order valence-electron chi connectivity index (χ2n) is 3.61. The Morgan fingerprint density at radius 2 is 1.94 bits per heavy atom. The highest BCUT2D eigenvalue weighted by atomic mass is 16.3. The molecule has 0 unspecified atom stereocenters. The third-order valence-electron chi connectivity index (χ3n) is 2.39. The predicted octanol–water partition coefficient (Wildman–Crippen LogP) is 2.73. The number of furan rings is 1. The molecule has 0 aliphatic rings. The Bertz CT molecular complexity index is 462. The van der Waals surface area contributed by atoms with Gasteiger partial charge in [0.05, 0.1) is 6.54 Å². The molecule has 0 atom stereocenters. The van der Waals surface area contributed by atoms with Gasteiger partial charge in [0.1, 0.15) is 5.76 Å². The molecular formula is C13H13NO2. The van der Waals surface area contributed by atoms with Crippen molar-refractivity contribution in [1.29, 1.82) is 0 Å². The lowest BCUT2D eigenvalue weighted by molar-refractivity contribution is 0.109. The van der Waals surface area contributed by atoms with Crippen LogP contribution >= 0.6 is 0 Å². The number of nitrogens with zero attached hydrogens (tertiary/aromatic N) is 1. The van der Waals surface area contributed by atoms with Crippen LogP contribution in [0, 0.1) is 0 Å². The van der Waals surface area contributed by atoms with E-state index in [1.54, 1.807) is 6.07 Å². The summed E-state index contributed by atoms with van der Waals surface area (Å²) in [6.45, 7) is 0.651. The zero-order valence-corrected chi connectivity index (χ0v) is 9.09. The van der Waals surface area contributed by atoms with E-state index < -0.39 is 0 Å². The molecule has 16 heavy (non-hydrogen) atoms. The van der Waals surface area contributed by atoms with E-state index in [0.717, 1.165) is 11.4 Å². The zero-order valence-electron chi connectivity index (χ0n) is 9.09. The number of benzene rings is 1. The summed E-state index contributed by atoms with van der Waals surface area (Å²) in [7, 11) is 1.98. The fraction of sp³-hybridized carbons (Fsp3) is 0.154. The van der Waals surface area contributed by atoms with Gasteiger partial charge in [0, 0.05) is 12.7 Å². The van der Waals surface area contributed by atoms with Crippen molar-refractivity contribution < 1.29 is 9.21 Å². The van der Waals surface area contributed by atoms with Gasteiger partial charge in [0.25, 0.3) is 0 Å². The third-order valence-corrected chi connectivity index (χ3v) is 2.39. The molecule has 3 heteroatoms. The fourth-order valence-corrected chi connectivity index (χ4v) is 1.55. The molecule has 0 amide bonds. The molecule has 82 valence electrons. The minimum atomic E-state index is 0.372. The first-order chi connectivity index (χ1) is 7.79. The highest BCUT2D eigenvalue weighted by Crippen LogP contribution is 2.15. The summed E-state index contributed by atoms with van der Waals surface area (Å²) < 4.78 is 5.32. The van der Waals surface area contributed by atoms with Crippen molar-refractivity contribution in [2.24, 2.45) is 0 Å². The van der Waals surface area contributed by atoms with Crippen LogP contribution in [0.3, 0.4) is 0 Å². The molecule has 2 rings (SSSR count). The lowest BCUT2D eigenvalue weighted by Gasteiger charge is -2.17. The number of hydrogen-bond donors (Lipinski definition) is 0. The predicted molar refractivity (Wildman–Crippen MR) is 62.6 cm³/mol. The maximum atomic E-state index is 10.5. The minimum absolute atomic E-state index is 0.372. The normalized spacial score (nSPS) is 10.1. The van der Waals surface area contributed by atoms with Crippen molar-refractivity contribution >= 4 is 12.0 Å². The van der Waals surface area contributed by atoms with Crippen LogP contribution < -0.4 is 4.90 Å². The van der Waals surface area contributed by atoms with Crippen molar-refractivity contribution in [3.05, 3.63) is 54.0 Å². The first kappa shape index (κ1) is 10.5. The molecule has 0 saturated carbocycles. The summed E-state index contributed by atoms with van der Waals surface area (Å²) in [4.78, 5) is 12.5. The number of carbonyl (C=O) groups excluding carboxylic acids is 1. The first-order valence-electron chi connectivity index (χ1n) is 5.09. The molecule has 0 spiro atoms. The fourth-order valence-electron chi connectivity index (χ4n) is 1.55. The van der Waals surface area contributed by atoms with Gasteiger partial charge in [-0.2, -0.15) is 0 Å². The van der Waals surface area contributed by atoms with E-state index in [9.17, 15) is 4.79 Å². The van der Waals surface area contributed by atoms with Crippen LogP contribution in [0.4, 0.5) is 5.69 Å². The summed E-state index contributed by atoms with van der Waals surface area (Å²) in [5.41, 5.74) is 1.12. The van der Waals surface area contributed by atoms with Gasteiger partial charge in [-0.3, -0.25) is 4.79 Å². The number of rotatable bonds is 4. The number of anilines is 1. The van der Waals surface area contributed by atoms with Gasteiger partial charge in [-0.05, 0) is 24.3 Å². The Hall–Kier alpha value is -2.03. The molecule has 1 aromatic carbocycles. The molecule has 0 saturated heterocycles. The van der Waals surface area contributed by atoms with Gasteiger partial charge in [0.2, 0.25) is 0 Å². The number of hydrogen-bond acceptors (Lipinski definition) is 3. The van der Waals surface area contributed by atoms with Crippen molar-refractivity contribution in [2.45, 2.75) is 6.54 Å². The average Bonchev–Trinajstić information content (AvgIpc) is 2.78. The Labute approximate surface area is 94.3 Å². The van der Waals surface area contributed by atoms with Gasteiger partial charge in [-0.1, -0.05) is 18.2 Å². The average molecular weight is 215 g/mol. The SMILES string of the molecule is CN(Cc1ccc(C=O)o1)c1ccccc1. The Kier molecular flexibility index (Phi) is 3.05. The maximum Gasteiger partial charge on any atom is 0.185 e. The molecule has 1 heterocycles. The van der Waals surface area contributed by atoms with Crippen LogP contribution in [-0.2, 0) is 6.54 Å². The highest BCUT2D eigenvalue weighted by molar-refractivity contribution is 5.70. The molecular weight excluding hydrogens is 202 g/mol. The summed E-state index contributed by atoms with van der Waals surface area (Å²) in [5.74, 6) is 1.16. The van der Waals surface area contributed by atoms with E-state index in [4.69, 9.17) is 4.42 Å². The van der Waals surface area contributed by atoms with Crippen LogP contribution in [0.15, 0.2) is 46.9 Å². The van der Waals surface area contributed by atoms with Gasteiger partial charge >= 0.3 is 0 Å². The van der Waals surface area contributed by atoms with Crippen molar-refractivity contribution in [1.82, 2.24) is 0 Å². The molecule has 0 bridgehead atoms. The highest BCUT2D eigenvalue weighted by Gasteiger charge is 2.05. The third kappa shape index (κ3) is 2.31. The van der Waals surface area contributed by atoms with Gasteiger partial charge in [0.15, 0.2) is 12.0 Å². The summed E-state index contributed by atoms with van der Waals surface area (Å²) in [6.07, 6.45) is 0.714. The monoisotopic (exact) mass is 215 g/mol. The lowest BCUT2D eigenvalue weighted by Crippen LogP contribution is -2.15. The molecule has 2 aromatic rings. The summed E-state index contributed by atoms with van der Waals surface area (Å²) in [5, 5.41) is 0. The van der Waals surface area contributed by atoms with Crippen LogP contribution in [0.1, 0.15) is 16.3 Å².